The molecule has 230 valence electrons. The lowest BCUT2D eigenvalue weighted by molar-refractivity contribution is -0.147. The maximum Gasteiger partial charge on any atom is 0.314 e. The number of nitrogens with zero attached hydrogens (tertiary/aromatic N) is 2. The molecule has 0 radical (unpaired) electrons. The first-order valence-electron chi connectivity index (χ1n) is 15.6. The number of aliphatic carboxylic acids is 1. The van der Waals surface area contributed by atoms with Gasteiger partial charge in [0.05, 0.1) is 23.8 Å². The summed E-state index contributed by atoms with van der Waals surface area (Å²) in [5.74, 6) is 0.421. The molecule has 1 N–H and O–H groups in total. The molecule has 6 rings (SSSR count). The Balaban J connectivity index is 1.46. The van der Waals surface area contributed by atoms with Crippen molar-refractivity contribution in [1.82, 2.24) is 4.90 Å². The van der Waals surface area contributed by atoms with Gasteiger partial charge in [-0.15, -0.1) is 0 Å². The van der Waals surface area contributed by atoms with Gasteiger partial charge < -0.3 is 24.4 Å². The summed E-state index contributed by atoms with van der Waals surface area (Å²) in [6.07, 6.45) is 10.2. The molecule has 1 fully saturated rings. The van der Waals surface area contributed by atoms with Crippen LogP contribution in [0.4, 0.5) is 5.69 Å². The number of benzene rings is 2. The van der Waals surface area contributed by atoms with E-state index in [1.54, 1.807) is 26.0 Å². The predicted molar refractivity (Wildman–Crippen MR) is 168 cm³/mol. The fourth-order valence-electron chi connectivity index (χ4n) is 7.80. The van der Waals surface area contributed by atoms with Gasteiger partial charge in [0.1, 0.15) is 5.75 Å². The summed E-state index contributed by atoms with van der Waals surface area (Å²) in [6.45, 7) is 4.25. The molecule has 0 saturated heterocycles. The standard InChI is InChI=1S/C35H43ClN2O5/c1-34(33(40)41)19-32(39)37(2)16-5-4-8-30(42-3)27-12-9-24(27)20-38-21-35(22-43-31-14-10-25(34)18-29(31)38)15-6-7-23-17-26(36)11-13-28(23)35/h4-5,10-11,13-14,17-18,24,27,30H,6-9,12,15-16,19-22H2,1-3H3,(H,40,41)/b5-4+/t24-,27+,30-,34-,35-/m0/s1. The lowest BCUT2D eigenvalue weighted by Crippen LogP contribution is -2.49. The van der Waals surface area contributed by atoms with Crippen molar-refractivity contribution in [1.29, 1.82) is 0 Å². The summed E-state index contributed by atoms with van der Waals surface area (Å²) >= 11 is 6.43. The second-order valence-corrected chi connectivity index (χ2v) is 13.8. The van der Waals surface area contributed by atoms with Gasteiger partial charge in [-0.1, -0.05) is 35.9 Å². The van der Waals surface area contributed by atoms with E-state index >= 15 is 0 Å². The molecule has 2 heterocycles. The number of ether oxygens (including phenoxy) is 2. The smallest absolute Gasteiger partial charge is 0.314 e. The number of carbonyl (C=O) groups excluding carboxylic acids is 1. The Kier molecular flexibility index (Phi) is 8.24. The number of hydrogen-bond acceptors (Lipinski definition) is 5. The van der Waals surface area contributed by atoms with Crippen LogP contribution in [0.3, 0.4) is 0 Å². The van der Waals surface area contributed by atoms with Crippen molar-refractivity contribution in [2.45, 2.75) is 68.8 Å². The van der Waals surface area contributed by atoms with E-state index in [0.717, 1.165) is 68.1 Å². The highest BCUT2D eigenvalue weighted by molar-refractivity contribution is 6.30. The predicted octanol–water partition coefficient (Wildman–Crippen LogP) is 6.01. The normalized spacial score (nSPS) is 31.7. The highest BCUT2D eigenvalue weighted by Gasteiger charge is 2.45. The van der Waals surface area contributed by atoms with E-state index in [9.17, 15) is 14.7 Å². The fraction of sp³-hybridized carbons (Fsp3) is 0.543. The zero-order chi connectivity index (χ0) is 30.4. The van der Waals surface area contributed by atoms with Crippen molar-refractivity contribution in [2.24, 2.45) is 11.8 Å². The molecule has 5 atom stereocenters. The number of methoxy groups -OCH3 is 1. The third kappa shape index (κ3) is 5.55. The van der Waals surface area contributed by atoms with Crippen LogP contribution in [0.1, 0.15) is 62.1 Å². The van der Waals surface area contributed by atoms with Gasteiger partial charge in [0.2, 0.25) is 5.91 Å². The van der Waals surface area contributed by atoms with Gasteiger partial charge in [-0.05, 0) is 98.2 Å². The maximum absolute atomic E-state index is 13.3. The molecule has 1 spiro atoms. The Bertz CT molecular complexity index is 1430. The molecule has 1 amide bonds. The lowest BCUT2D eigenvalue weighted by Gasteiger charge is -2.46. The van der Waals surface area contributed by atoms with Crippen LogP contribution >= 0.6 is 11.6 Å². The van der Waals surface area contributed by atoms with Gasteiger partial charge in [0, 0.05) is 50.7 Å². The number of likely N-dealkylation sites (N-methyl/N-ethyl adjacent to an activating group) is 1. The number of carbonyl (C=O) groups is 2. The lowest BCUT2D eigenvalue weighted by atomic mass is 9.68. The average molecular weight is 607 g/mol. The second-order valence-electron chi connectivity index (χ2n) is 13.4. The molecule has 4 aliphatic rings. The number of amides is 1. The largest absolute Gasteiger partial charge is 0.490 e. The third-order valence-electron chi connectivity index (χ3n) is 10.7. The van der Waals surface area contributed by atoms with Gasteiger partial charge in [-0.2, -0.15) is 0 Å². The van der Waals surface area contributed by atoms with Gasteiger partial charge >= 0.3 is 5.97 Å². The SMILES string of the molecule is CO[C@H]1C/C=C/CN(C)C(=O)C[C@](C)(C(=O)O)c2ccc3c(c2)N(C[C@@H]2CC[C@H]21)C[C@@]1(CCCc2cc(Cl)ccc21)CO3. The van der Waals surface area contributed by atoms with Crippen molar-refractivity contribution in [3.05, 3.63) is 70.3 Å². The Labute approximate surface area is 259 Å². The maximum atomic E-state index is 13.3. The minimum Gasteiger partial charge on any atom is -0.490 e. The zero-order valence-electron chi connectivity index (χ0n) is 25.5. The molecule has 2 aliphatic carbocycles. The monoisotopic (exact) mass is 606 g/mol. The number of halogens is 1. The minimum absolute atomic E-state index is 0.111. The number of hydrogen-bond donors (Lipinski definition) is 1. The topological polar surface area (TPSA) is 79.3 Å². The first kappa shape index (κ1) is 30.0. The average Bonchev–Trinajstić information content (AvgIpc) is 3.12. The van der Waals surface area contributed by atoms with E-state index in [-0.39, 0.29) is 23.8 Å². The summed E-state index contributed by atoms with van der Waals surface area (Å²) in [5, 5.41) is 11.2. The van der Waals surface area contributed by atoms with Crippen molar-refractivity contribution < 1.29 is 24.2 Å². The molecule has 2 aromatic rings. The molecule has 8 heteroatoms. The molecule has 2 bridgehead atoms. The molecule has 0 aromatic heterocycles. The van der Waals surface area contributed by atoms with Crippen LogP contribution in [-0.4, -0.2) is 68.4 Å². The molecule has 2 aromatic carbocycles. The fourth-order valence-corrected chi connectivity index (χ4v) is 8.00. The van der Waals surface area contributed by atoms with Gasteiger partial charge in [-0.3, -0.25) is 9.59 Å². The minimum atomic E-state index is -1.38. The first-order valence-corrected chi connectivity index (χ1v) is 16.0. The Morgan fingerprint density at radius 1 is 1.16 bits per heavy atom. The summed E-state index contributed by atoms with van der Waals surface area (Å²) in [6, 6.07) is 12.0. The number of anilines is 1. The Morgan fingerprint density at radius 3 is 2.74 bits per heavy atom. The van der Waals surface area contributed by atoms with Crippen molar-refractivity contribution >= 4 is 29.2 Å². The molecule has 7 nitrogen and oxygen atoms in total. The molecule has 1 saturated carbocycles. The van der Waals surface area contributed by atoms with E-state index < -0.39 is 11.4 Å². The number of fused-ring (bicyclic) bond motifs is 4. The van der Waals surface area contributed by atoms with Gasteiger partial charge in [-0.25, -0.2) is 0 Å². The summed E-state index contributed by atoms with van der Waals surface area (Å²) in [4.78, 5) is 30.2. The van der Waals surface area contributed by atoms with E-state index in [2.05, 4.69) is 23.1 Å². The summed E-state index contributed by atoms with van der Waals surface area (Å²) in [5.41, 5.74) is 2.52. The third-order valence-corrected chi connectivity index (χ3v) is 10.9. The van der Waals surface area contributed by atoms with Crippen LogP contribution in [-0.2, 0) is 31.6 Å². The van der Waals surface area contributed by atoms with E-state index in [0.29, 0.717) is 30.6 Å². The van der Waals surface area contributed by atoms with Crippen LogP contribution < -0.4 is 9.64 Å². The molecule has 43 heavy (non-hydrogen) atoms. The van der Waals surface area contributed by atoms with Crippen molar-refractivity contribution in [2.75, 3.05) is 45.3 Å². The number of carboxylic acids is 1. The van der Waals surface area contributed by atoms with Crippen molar-refractivity contribution in [3.8, 4) is 5.75 Å². The van der Waals surface area contributed by atoms with Crippen LogP contribution in [0, 0.1) is 11.8 Å². The summed E-state index contributed by atoms with van der Waals surface area (Å²) < 4.78 is 12.7. The Morgan fingerprint density at radius 2 is 2.00 bits per heavy atom. The van der Waals surface area contributed by atoms with E-state index in [1.807, 2.05) is 30.3 Å². The number of carboxylic acid groups (broad SMARTS) is 1. The molecule has 2 aliphatic heterocycles. The number of rotatable bonds is 2. The van der Waals surface area contributed by atoms with Crippen LogP contribution in [0.2, 0.25) is 5.02 Å². The highest BCUT2D eigenvalue weighted by Crippen LogP contribution is 2.48. The zero-order valence-corrected chi connectivity index (χ0v) is 26.2. The first-order chi connectivity index (χ1) is 20.6. The highest BCUT2D eigenvalue weighted by atomic mass is 35.5. The van der Waals surface area contributed by atoms with Crippen molar-refractivity contribution in [3.63, 3.8) is 0 Å². The Hall–Kier alpha value is -3.03. The van der Waals surface area contributed by atoms with E-state index in [4.69, 9.17) is 21.1 Å². The van der Waals surface area contributed by atoms with Crippen LogP contribution in [0.5, 0.6) is 5.75 Å². The van der Waals surface area contributed by atoms with Gasteiger partial charge in [0.15, 0.2) is 0 Å². The molecular weight excluding hydrogens is 564 g/mol. The second kappa shape index (κ2) is 11.8. The van der Waals surface area contributed by atoms with Crippen LogP contribution in [0.15, 0.2) is 48.6 Å². The molecular formula is C35H43ClN2O5. The quantitative estimate of drug-likeness (QED) is 0.422. The summed E-state index contributed by atoms with van der Waals surface area (Å²) in [7, 11) is 3.53. The van der Waals surface area contributed by atoms with Crippen LogP contribution in [0.25, 0.3) is 0 Å². The van der Waals surface area contributed by atoms with E-state index in [1.165, 1.54) is 11.1 Å². The molecule has 0 unspecified atom stereocenters. The number of aryl methyl sites for hydroxylation is 1. The van der Waals surface area contributed by atoms with Gasteiger partial charge in [0.25, 0.3) is 0 Å².